The molecule has 52 heavy (non-hydrogen) atoms. The van der Waals surface area contributed by atoms with E-state index in [4.69, 9.17) is 19.4 Å². The Bertz CT molecular complexity index is 2800. The Hall–Kier alpha value is -6.72. The molecule has 9 aromatic rings. The van der Waals surface area contributed by atoms with Crippen molar-refractivity contribution in [3.63, 3.8) is 0 Å². The van der Waals surface area contributed by atoms with Crippen LogP contribution < -0.4 is 0 Å². The van der Waals surface area contributed by atoms with Gasteiger partial charge in [0.2, 0.25) is 0 Å². The molecular formula is C47H32N4O. The van der Waals surface area contributed by atoms with Gasteiger partial charge in [0.15, 0.2) is 17.5 Å². The minimum Gasteiger partial charge on any atom is -0.456 e. The highest BCUT2D eigenvalue weighted by Gasteiger charge is 2.38. The number of furan rings is 1. The third-order valence-corrected chi connectivity index (χ3v) is 10.4. The van der Waals surface area contributed by atoms with Gasteiger partial charge in [0.05, 0.1) is 0 Å². The van der Waals surface area contributed by atoms with Crippen molar-refractivity contribution in [1.82, 2.24) is 19.9 Å². The molecule has 0 saturated carbocycles. The number of pyridine rings is 1. The van der Waals surface area contributed by atoms with Crippen molar-refractivity contribution >= 4 is 21.9 Å². The number of benzene rings is 6. The lowest BCUT2D eigenvalue weighted by atomic mass is 9.80. The van der Waals surface area contributed by atoms with Crippen LogP contribution in [-0.4, -0.2) is 19.9 Å². The lowest BCUT2D eigenvalue weighted by Gasteiger charge is -2.23. The van der Waals surface area contributed by atoms with Crippen LogP contribution in [-0.2, 0) is 5.41 Å². The minimum atomic E-state index is -0.218. The maximum Gasteiger partial charge on any atom is 0.164 e. The van der Waals surface area contributed by atoms with Crippen molar-refractivity contribution in [3.05, 3.63) is 169 Å². The fraction of sp³-hybridized carbons (Fsp3) is 0.0638. The topological polar surface area (TPSA) is 64.7 Å². The normalized spacial score (nSPS) is 13.0. The third kappa shape index (κ3) is 4.85. The molecular weight excluding hydrogens is 637 g/mol. The van der Waals surface area contributed by atoms with E-state index in [0.717, 1.165) is 50.1 Å². The molecule has 0 unspecified atom stereocenters. The van der Waals surface area contributed by atoms with Gasteiger partial charge >= 0.3 is 0 Å². The van der Waals surface area contributed by atoms with Crippen molar-refractivity contribution in [2.45, 2.75) is 19.3 Å². The van der Waals surface area contributed by atoms with E-state index < -0.39 is 0 Å². The maximum atomic E-state index is 6.30. The monoisotopic (exact) mass is 668 g/mol. The summed E-state index contributed by atoms with van der Waals surface area (Å²) < 4.78 is 6.30. The summed E-state index contributed by atoms with van der Waals surface area (Å²) in [6.07, 6.45) is 3.66. The van der Waals surface area contributed by atoms with Crippen LogP contribution in [0.5, 0.6) is 0 Å². The molecule has 0 bridgehead atoms. The first-order chi connectivity index (χ1) is 25.5. The highest BCUT2D eigenvalue weighted by molar-refractivity contribution is 6.11. The van der Waals surface area contributed by atoms with E-state index in [2.05, 4.69) is 122 Å². The molecule has 0 radical (unpaired) electrons. The highest BCUT2D eigenvalue weighted by atomic mass is 16.3. The molecule has 1 aliphatic carbocycles. The van der Waals surface area contributed by atoms with Gasteiger partial charge in [-0.05, 0) is 74.8 Å². The number of para-hydroxylation sites is 1. The standard InChI is InChI=1S/C47H32N4O/c1-47(2)39-27-33(21-22-36(39)37-23-24-41-42(43(37)47)38-15-6-7-16-40(38)52-41)32-12-8-13-34(26-32)46-50-44(30-10-4-3-5-11-30)49-45(51-46)31-19-17-29(18-20-31)35-14-9-25-48-28-35/h3-28H,1-2H3. The van der Waals surface area contributed by atoms with Crippen molar-refractivity contribution < 1.29 is 4.42 Å². The maximum absolute atomic E-state index is 6.30. The van der Waals surface area contributed by atoms with E-state index >= 15 is 0 Å². The first kappa shape index (κ1) is 30.1. The molecule has 3 heterocycles. The van der Waals surface area contributed by atoms with Crippen LogP contribution in [0.2, 0.25) is 0 Å². The predicted molar refractivity (Wildman–Crippen MR) is 210 cm³/mol. The summed E-state index contributed by atoms with van der Waals surface area (Å²) in [5.41, 5.74) is 14.0. The number of hydrogen-bond donors (Lipinski definition) is 0. The average Bonchev–Trinajstić information content (AvgIpc) is 3.70. The number of fused-ring (bicyclic) bond motifs is 7. The lowest BCUT2D eigenvalue weighted by molar-refractivity contribution is 0.657. The van der Waals surface area contributed by atoms with Gasteiger partial charge in [-0.2, -0.15) is 0 Å². The second-order valence-electron chi connectivity index (χ2n) is 13.9. The Kier molecular flexibility index (Phi) is 6.77. The average molecular weight is 669 g/mol. The van der Waals surface area contributed by atoms with Gasteiger partial charge in [-0.1, -0.05) is 129 Å². The summed E-state index contributed by atoms with van der Waals surface area (Å²) in [4.78, 5) is 19.3. The van der Waals surface area contributed by atoms with Crippen LogP contribution >= 0.6 is 0 Å². The molecule has 0 N–H and O–H groups in total. The zero-order chi connectivity index (χ0) is 34.8. The fourth-order valence-electron chi connectivity index (χ4n) is 7.83. The van der Waals surface area contributed by atoms with Gasteiger partial charge in [0, 0.05) is 45.3 Å². The molecule has 0 saturated heterocycles. The third-order valence-electron chi connectivity index (χ3n) is 10.4. The SMILES string of the molecule is CC1(C)c2cc(-c3cccc(-c4nc(-c5ccccc5)nc(-c5ccc(-c6cccnc6)cc5)n4)c3)ccc2-c2ccc3oc4ccccc4c3c21. The Morgan fingerprint density at radius 2 is 1.08 bits per heavy atom. The number of hydrogen-bond acceptors (Lipinski definition) is 5. The van der Waals surface area contributed by atoms with E-state index in [1.807, 2.05) is 48.7 Å². The van der Waals surface area contributed by atoms with Crippen LogP contribution in [0.3, 0.4) is 0 Å². The summed E-state index contributed by atoms with van der Waals surface area (Å²) in [7, 11) is 0. The van der Waals surface area contributed by atoms with E-state index in [1.165, 1.54) is 33.0 Å². The van der Waals surface area contributed by atoms with Gasteiger partial charge in [-0.25, -0.2) is 15.0 Å². The highest BCUT2D eigenvalue weighted by Crippen LogP contribution is 2.53. The molecule has 5 heteroatoms. The van der Waals surface area contributed by atoms with E-state index in [9.17, 15) is 0 Å². The van der Waals surface area contributed by atoms with Crippen LogP contribution in [0.15, 0.2) is 162 Å². The first-order valence-corrected chi connectivity index (χ1v) is 17.5. The summed E-state index contributed by atoms with van der Waals surface area (Å²) in [6, 6.07) is 50.5. The molecule has 246 valence electrons. The van der Waals surface area contributed by atoms with Crippen LogP contribution in [0.4, 0.5) is 0 Å². The fourth-order valence-corrected chi connectivity index (χ4v) is 7.83. The minimum absolute atomic E-state index is 0.218. The number of aromatic nitrogens is 4. The Morgan fingerprint density at radius 1 is 0.462 bits per heavy atom. The van der Waals surface area contributed by atoms with Crippen LogP contribution in [0.1, 0.15) is 25.0 Å². The second kappa shape index (κ2) is 11.7. The lowest BCUT2D eigenvalue weighted by Crippen LogP contribution is -2.15. The molecule has 0 spiro atoms. The summed E-state index contributed by atoms with van der Waals surface area (Å²) in [5, 5.41) is 2.38. The van der Waals surface area contributed by atoms with Gasteiger partial charge in [0.25, 0.3) is 0 Å². The smallest absolute Gasteiger partial charge is 0.164 e. The number of nitrogens with zero attached hydrogens (tertiary/aromatic N) is 4. The van der Waals surface area contributed by atoms with Gasteiger partial charge in [-0.15, -0.1) is 0 Å². The molecule has 10 rings (SSSR count). The zero-order valence-corrected chi connectivity index (χ0v) is 28.7. The molecule has 1 aliphatic rings. The second-order valence-corrected chi connectivity index (χ2v) is 13.9. The number of rotatable bonds is 5. The Morgan fingerprint density at radius 3 is 1.87 bits per heavy atom. The van der Waals surface area contributed by atoms with E-state index in [1.54, 1.807) is 6.20 Å². The van der Waals surface area contributed by atoms with Crippen molar-refractivity contribution in [2.24, 2.45) is 0 Å². The van der Waals surface area contributed by atoms with Crippen LogP contribution in [0.25, 0.3) is 89.5 Å². The predicted octanol–water partition coefficient (Wildman–Crippen LogP) is 11.8. The van der Waals surface area contributed by atoms with Crippen molar-refractivity contribution in [3.8, 4) is 67.5 Å². The molecule has 0 aliphatic heterocycles. The molecule has 0 fully saturated rings. The molecule has 3 aromatic heterocycles. The van der Waals surface area contributed by atoms with Crippen molar-refractivity contribution in [2.75, 3.05) is 0 Å². The first-order valence-electron chi connectivity index (χ1n) is 17.5. The Balaban J connectivity index is 1.06. The summed E-state index contributed by atoms with van der Waals surface area (Å²) in [5.74, 6) is 1.89. The molecule has 0 amide bonds. The molecule has 6 aromatic carbocycles. The van der Waals surface area contributed by atoms with Gasteiger partial charge in [-0.3, -0.25) is 4.98 Å². The summed E-state index contributed by atoms with van der Waals surface area (Å²) >= 11 is 0. The van der Waals surface area contributed by atoms with E-state index in [0.29, 0.717) is 17.5 Å². The largest absolute Gasteiger partial charge is 0.456 e. The quantitative estimate of drug-likeness (QED) is 0.183. The zero-order valence-electron chi connectivity index (χ0n) is 28.7. The van der Waals surface area contributed by atoms with Gasteiger partial charge in [0.1, 0.15) is 11.2 Å². The molecule has 5 nitrogen and oxygen atoms in total. The van der Waals surface area contributed by atoms with Crippen molar-refractivity contribution in [1.29, 1.82) is 0 Å². The van der Waals surface area contributed by atoms with Crippen LogP contribution in [0, 0.1) is 0 Å². The Labute approximate surface area is 301 Å². The molecule has 0 atom stereocenters. The van der Waals surface area contributed by atoms with Gasteiger partial charge < -0.3 is 4.42 Å². The van der Waals surface area contributed by atoms with E-state index in [-0.39, 0.29) is 5.41 Å². The summed E-state index contributed by atoms with van der Waals surface area (Å²) in [6.45, 7) is 4.67.